The van der Waals surface area contributed by atoms with Crippen LogP contribution in [0.3, 0.4) is 0 Å². The van der Waals surface area contributed by atoms with Crippen LogP contribution < -0.4 is 11.1 Å². The number of thioether (sulfide) groups is 1. The maximum atomic E-state index is 12.4. The molecule has 2 aliphatic heterocycles. The molecule has 4 unspecified atom stereocenters. The van der Waals surface area contributed by atoms with Crippen molar-refractivity contribution in [3.63, 3.8) is 0 Å². The van der Waals surface area contributed by atoms with E-state index >= 15 is 0 Å². The van der Waals surface area contributed by atoms with E-state index in [9.17, 15) is 14.4 Å². The highest BCUT2D eigenvalue weighted by molar-refractivity contribution is 8.01. The van der Waals surface area contributed by atoms with Gasteiger partial charge in [-0.05, 0) is 19.4 Å². The van der Waals surface area contributed by atoms with Crippen LogP contribution in [0.2, 0.25) is 0 Å². The van der Waals surface area contributed by atoms with Gasteiger partial charge in [-0.2, -0.15) is 0 Å². The molecule has 0 aromatic heterocycles. The molecule has 4 atom stereocenters. The number of carboxylic acid groups (broad SMARTS) is 1. The number of ether oxygens (including phenoxy) is 1. The molecule has 2 aliphatic rings. The first-order valence-electron chi connectivity index (χ1n) is 7.73. The number of nitrogens with zero attached hydrogens (tertiary/aromatic N) is 1. The van der Waals surface area contributed by atoms with E-state index in [1.165, 1.54) is 16.7 Å². The highest BCUT2D eigenvalue weighted by atomic mass is 32.2. The zero-order chi connectivity index (χ0) is 18.4. The average Bonchev–Trinajstić information content (AvgIpc) is 2.80. The third-order valence-corrected chi connectivity index (χ3v) is 5.85. The van der Waals surface area contributed by atoms with Crippen molar-refractivity contribution in [2.75, 3.05) is 0 Å². The fraction of sp³-hybridized carbons (Fsp3) is 0.438. The number of amides is 2. The highest BCUT2D eigenvalue weighted by Gasteiger charge is 2.63. The summed E-state index contributed by atoms with van der Waals surface area (Å²) in [5, 5.41) is 11.2. The van der Waals surface area contributed by atoms with Crippen LogP contribution in [0.5, 0.6) is 0 Å². The van der Waals surface area contributed by atoms with Gasteiger partial charge in [0.25, 0.3) is 5.91 Å². The molecule has 3 rings (SSSR count). The van der Waals surface area contributed by atoms with Crippen molar-refractivity contribution in [3.8, 4) is 0 Å². The zero-order valence-corrected chi connectivity index (χ0v) is 14.5. The second kappa shape index (κ2) is 6.23. The molecule has 2 amide bonds. The summed E-state index contributed by atoms with van der Waals surface area (Å²) in [7, 11) is 0. The standard InChI is InChI=1S/C16H19N3O5S/c1-16(2)14(24-15(22)23)19-12(21)10(13(19)25-16)18-11(20)9(17)8-6-4-3-5-7-8/h3-7,9-10,13-14H,17H2,1-2H3,(H,18,20)(H,22,23). The lowest BCUT2D eigenvalue weighted by atomic mass is 10.0. The lowest BCUT2D eigenvalue weighted by molar-refractivity contribution is -0.163. The minimum absolute atomic E-state index is 0.372. The second-order valence-corrected chi connectivity index (χ2v) is 8.24. The fourth-order valence-electron chi connectivity index (χ4n) is 3.05. The molecule has 2 saturated heterocycles. The fourth-order valence-corrected chi connectivity index (χ4v) is 4.60. The molecule has 0 spiro atoms. The molecule has 0 saturated carbocycles. The number of carbonyl (C=O) groups is 3. The van der Waals surface area contributed by atoms with Crippen LogP contribution >= 0.6 is 11.8 Å². The van der Waals surface area contributed by atoms with Gasteiger partial charge in [0.2, 0.25) is 5.91 Å². The molecule has 2 heterocycles. The van der Waals surface area contributed by atoms with Crippen molar-refractivity contribution in [2.24, 2.45) is 5.73 Å². The molecule has 4 N–H and O–H groups in total. The Balaban J connectivity index is 1.69. The van der Waals surface area contributed by atoms with E-state index in [0.29, 0.717) is 5.56 Å². The van der Waals surface area contributed by atoms with Gasteiger partial charge in [-0.15, -0.1) is 11.8 Å². The first kappa shape index (κ1) is 17.6. The van der Waals surface area contributed by atoms with E-state index in [-0.39, 0.29) is 11.3 Å². The van der Waals surface area contributed by atoms with Crippen molar-refractivity contribution < 1.29 is 24.2 Å². The van der Waals surface area contributed by atoms with Crippen LogP contribution in [-0.2, 0) is 14.3 Å². The Hall–Kier alpha value is -2.26. The molecule has 0 bridgehead atoms. The molecule has 1 aromatic carbocycles. The molecule has 8 nitrogen and oxygen atoms in total. The lowest BCUT2D eigenvalue weighted by Gasteiger charge is -2.43. The summed E-state index contributed by atoms with van der Waals surface area (Å²) < 4.78 is 4.25. The van der Waals surface area contributed by atoms with Gasteiger partial charge < -0.3 is 20.9 Å². The quantitative estimate of drug-likeness (QED) is 0.535. The molecule has 0 aliphatic carbocycles. The van der Waals surface area contributed by atoms with E-state index in [1.54, 1.807) is 38.1 Å². The van der Waals surface area contributed by atoms with Gasteiger partial charge in [0, 0.05) is 0 Å². The lowest BCUT2D eigenvalue weighted by Crippen LogP contribution is -2.70. The minimum Gasteiger partial charge on any atom is -0.450 e. The van der Waals surface area contributed by atoms with E-state index in [2.05, 4.69) is 5.32 Å². The second-order valence-electron chi connectivity index (χ2n) is 6.47. The third kappa shape index (κ3) is 3.05. The summed E-state index contributed by atoms with van der Waals surface area (Å²) >= 11 is 1.39. The predicted molar refractivity (Wildman–Crippen MR) is 90.5 cm³/mol. The van der Waals surface area contributed by atoms with Gasteiger partial charge in [-0.1, -0.05) is 30.3 Å². The van der Waals surface area contributed by atoms with Gasteiger partial charge in [-0.3, -0.25) is 14.5 Å². The molecular formula is C16H19N3O5S. The number of nitrogens with one attached hydrogen (secondary N) is 1. The summed E-state index contributed by atoms with van der Waals surface area (Å²) in [6, 6.07) is 7.24. The van der Waals surface area contributed by atoms with Crippen LogP contribution in [-0.4, -0.2) is 50.4 Å². The summed E-state index contributed by atoms with van der Waals surface area (Å²) in [5.74, 6) is -0.826. The largest absolute Gasteiger partial charge is 0.507 e. The van der Waals surface area contributed by atoms with Crippen LogP contribution in [0.25, 0.3) is 0 Å². The van der Waals surface area contributed by atoms with Crippen LogP contribution in [0.15, 0.2) is 30.3 Å². The molecule has 0 radical (unpaired) electrons. The molecule has 134 valence electrons. The van der Waals surface area contributed by atoms with Crippen molar-refractivity contribution in [1.82, 2.24) is 10.2 Å². The van der Waals surface area contributed by atoms with Crippen LogP contribution in [0.4, 0.5) is 4.79 Å². The number of β-lactam (4-membered cyclic amide) rings is 1. The third-order valence-electron chi connectivity index (χ3n) is 4.30. The number of nitrogens with two attached hydrogens (primary N) is 1. The number of hydrogen-bond acceptors (Lipinski definition) is 6. The van der Waals surface area contributed by atoms with E-state index in [1.807, 2.05) is 6.07 Å². The summed E-state index contributed by atoms with van der Waals surface area (Å²) in [5.41, 5.74) is 6.60. The summed E-state index contributed by atoms with van der Waals surface area (Å²) in [4.78, 5) is 37.0. The Kier molecular flexibility index (Phi) is 4.38. The van der Waals surface area contributed by atoms with Crippen molar-refractivity contribution >= 4 is 29.7 Å². The topological polar surface area (TPSA) is 122 Å². The molecule has 1 aromatic rings. The predicted octanol–water partition coefficient (Wildman–Crippen LogP) is 0.886. The van der Waals surface area contributed by atoms with Gasteiger partial charge in [0.05, 0.1) is 4.75 Å². The number of fused-ring (bicyclic) bond motifs is 1. The Bertz CT molecular complexity index is 711. The molecule has 2 fully saturated rings. The SMILES string of the molecule is CC1(C)SC2C(NC(=O)C(N)c3ccccc3)C(=O)N2C1OC(=O)O. The Morgan fingerprint density at radius 3 is 2.60 bits per heavy atom. The van der Waals surface area contributed by atoms with Crippen LogP contribution in [0, 0.1) is 0 Å². The normalized spacial score (nSPS) is 27.9. The summed E-state index contributed by atoms with van der Waals surface area (Å²) in [6.07, 6.45) is -2.32. The first-order valence-corrected chi connectivity index (χ1v) is 8.61. The van der Waals surface area contributed by atoms with Gasteiger partial charge in [0.15, 0.2) is 6.23 Å². The Morgan fingerprint density at radius 1 is 1.36 bits per heavy atom. The highest BCUT2D eigenvalue weighted by Crippen LogP contribution is 2.51. The van der Waals surface area contributed by atoms with Gasteiger partial charge in [0.1, 0.15) is 17.5 Å². The number of rotatable bonds is 4. The minimum atomic E-state index is -1.44. The Labute approximate surface area is 148 Å². The molecular weight excluding hydrogens is 346 g/mol. The number of carbonyl (C=O) groups excluding carboxylic acids is 2. The van der Waals surface area contributed by atoms with Gasteiger partial charge >= 0.3 is 6.16 Å². The van der Waals surface area contributed by atoms with E-state index < -0.39 is 35.1 Å². The van der Waals surface area contributed by atoms with Crippen molar-refractivity contribution in [1.29, 1.82) is 0 Å². The monoisotopic (exact) mass is 365 g/mol. The average molecular weight is 365 g/mol. The van der Waals surface area contributed by atoms with Crippen molar-refractivity contribution in [2.45, 2.75) is 42.3 Å². The van der Waals surface area contributed by atoms with Crippen LogP contribution in [0.1, 0.15) is 25.5 Å². The molecule has 9 heteroatoms. The van der Waals surface area contributed by atoms with Gasteiger partial charge in [-0.25, -0.2) is 4.79 Å². The smallest absolute Gasteiger partial charge is 0.450 e. The zero-order valence-electron chi connectivity index (χ0n) is 13.7. The Morgan fingerprint density at radius 2 is 2.00 bits per heavy atom. The number of benzene rings is 1. The maximum Gasteiger partial charge on any atom is 0.507 e. The van der Waals surface area contributed by atoms with E-state index in [0.717, 1.165) is 0 Å². The maximum absolute atomic E-state index is 12.4. The molecule has 25 heavy (non-hydrogen) atoms. The van der Waals surface area contributed by atoms with Crippen molar-refractivity contribution in [3.05, 3.63) is 35.9 Å². The van der Waals surface area contributed by atoms with E-state index in [4.69, 9.17) is 15.6 Å². The first-order chi connectivity index (χ1) is 11.7. The summed E-state index contributed by atoms with van der Waals surface area (Å²) in [6.45, 7) is 3.59. The number of hydrogen-bond donors (Lipinski definition) is 3.